The molecule has 0 unspecified atom stereocenters. The van der Waals surface area contributed by atoms with Gasteiger partial charge in [-0.2, -0.15) is 0 Å². The van der Waals surface area contributed by atoms with Gasteiger partial charge in [-0.1, -0.05) is 35.9 Å². The van der Waals surface area contributed by atoms with E-state index >= 15 is 0 Å². The number of aromatic nitrogens is 2. The van der Waals surface area contributed by atoms with Crippen LogP contribution in [0.15, 0.2) is 72.8 Å². The second-order valence-corrected chi connectivity index (χ2v) is 7.23. The minimum absolute atomic E-state index is 0.0187. The molecule has 0 atom stereocenters. The third-order valence-corrected chi connectivity index (χ3v) is 5.02. The van der Waals surface area contributed by atoms with Gasteiger partial charge < -0.3 is 15.2 Å². The molecule has 1 aromatic heterocycles. The quantitative estimate of drug-likeness (QED) is 0.470. The number of nitrogens with one attached hydrogen (secondary N) is 2. The summed E-state index contributed by atoms with van der Waals surface area (Å²) < 4.78 is 14.8. The Hall–Kier alpha value is -3.71. The highest BCUT2D eigenvalue weighted by Gasteiger charge is 2.16. The molecule has 0 aliphatic carbocycles. The minimum Gasteiger partial charge on any atom is -0.345 e. The van der Waals surface area contributed by atoms with Crippen LogP contribution in [-0.2, 0) is 17.9 Å². The fraction of sp³-hybridized carbons (Fsp3) is 0.0870. The number of anilines is 1. The zero-order chi connectivity index (χ0) is 21.8. The van der Waals surface area contributed by atoms with Crippen molar-refractivity contribution in [3.8, 4) is 0 Å². The number of amides is 2. The van der Waals surface area contributed by atoms with Crippen molar-refractivity contribution in [1.29, 1.82) is 0 Å². The standard InChI is InChI=1S/C23H18ClFN4O2/c24-18-6-2-1-5-17(18)23(31)26-13-21-28-19-7-3-4-8-20(19)29(21)14-22(30)27-16-11-9-15(25)10-12-16/h1-12H,13-14H2,(H,26,31)(H,27,30). The number of benzene rings is 3. The van der Waals surface area contributed by atoms with E-state index in [2.05, 4.69) is 15.6 Å². The molecule has 0 radical (unpaired) electrons. The SMILES string of the molecule is O=C(Cn1c(CNC(=O)c2ccccc2Cl)nc2ccccc21)Nc1ccc(F)cc1. The lowest BCUT2D eigenvalue weighted by atomic mass is 10.2. The van der Waals surface area contributed by atoms with Crippen molar-refractivity contribution in [3.05, 3.63) is 95.0 Å². The lowest BCUT2D eigenvalue weighted by Gasteiger charge is -2.11. The average molecular weight is 437 g/mol. The summed E-state index contributed by atoms with van der Waals surface area (Å²) in [6.07, 6.45) is 0. The molecule has 156 valence electrons. The number of carbonyl (C=O) groups is 2. The number of fused-ring (bicyclic) bond motifs is 1. The second-order valence-electron chi connectivity index (χ2n) is 6.82. The van der Waals surface area contributed by atoms with Crippen LogP contribution in [0.1, 0.15) is 16.2 Å². The van der Waals surface area contributed by atoms with Crippen LogP contribution in [0.5, 0.6) is 0 Å². The van der Waals surface area contributed by atoms with Crippen LogP contribution < -0.4 is 10.6 Å². The van der Waals surface area contributed by atoms with Gasteiger partial charge in [-0.15, -0.1) is 0 Å². The van der Waals surface area contributed by atoms with Crippen LogP contribution in [0, 0.1) is 5.82 Å². The maximum atomic E-state index is 13.1. The predicted molar refractivity (Wildman–Crippen MR) is 117 cm³/mol. The van der Waals surface area contributed by atoms with Gasteiger partial charge in [0.1, 0.15) is 18.2 Å². The Kier molecular flexibility index (Phi) is 5.95. The van der Waals surface area contributed by atoms with Crippen LogP contribution in [0.25, 0.3) is 11.0 Å². The number of halogens is 2. The van der Waals surface area contributed by atoms with Gasteiger partial charge in [0.15, 0.2) is 0 Å². The van der Waals surface area contributed by atoms with E-state index in [1.165, 1.54) is 24.3 Å². The summed E-state index contributed by atoms with van der Waals surface area (Å²) in [7, 11) is 0. The molecule has 4 aromatic rings. The molecule has 2 N–H and O–H groups in total. The van der Waals surface area contributed by atoms with Crippen molar-refractivity contribution in [2.24, 2.45) is 0 Å². The van der Waals surface area contributed by atoms with Gasteiger partial charge in [-0.3, -0.25) is 9.59 Å². The molecule has 0 bridgehead atoms. The average Bonchev–Trinajstić information content (AvgIpc) is 3.11. The van der Waals surface area contributed by atoms with Gasteiger partial charge in [-0.05, 0) is 48.5 Å². The molecule has 31 heavy (non-hydrogen) atoms. The van der Waals surface area contributed by atoms with Gasteiger partial charge in [0.2, 0.25) is 5.91 Å². The fourth-order valence-electron chi connectivity index (χ4n) is 3.21. The molecule has 0 saturated heterocycles. The van der Waals surface area contributed by atoms with E-state index < -0.39 is 0 Å². The molecule has 0 saturated carbocycles. The summed E-state index contributed by atoms with van der Waals surface area (Å²) in [5.41, 5.74) is 2.32. The van der Waals surface area contributed by atoms with Crippen LogP contribution >= 0.6 is 11.6 Å². The fourth-order valence-corrected chi connectivity index (χ4v) is 3.44. The normalized spacial score (nSPS) is 10.8. The molecular formula is C23H18ClFN4O2. The molecule has 6 nitrogen and oxygen atoms in total. The van der Waals surface area contributed by atoms with Crippen molar-refractivity contribution in [2.75, 3.05) is 5.32 Å². The molecular weight excluding hydrogens is 419 g/mol. The first kappa shape index (κ1) is 20.6. The van der Waals surface area contributed by atoms with Crippen molar-refractivity contribution >= 4 is 40.1 Å². The molecule has 0 aliphatic heterocycles. The Morgan fingerprint density at radius 2 is 1.68 bits per heavy atom. The highest BCUT2D eigenvalue weighted by atomic mass is 35.5. The van der Waals surface area contributed by atoms with Gasteiger partial charge in [0.25, 0.3) is 5.91 Å². The maximum absolute atomic E-state index is 13.1. The van der Waals surface area contributed by atoms with Gasteiger partial charge in [0, 0.05) is 5.69 Å². The Labute approximate surface area is 182 Å². The number of hydrogen-bond acceptors (Lipinski definition) is 3. The monoisotopic (exact) mass is 436 g/mol. The van der Waals surface area contributed by atoms with E-state index in [0.29, 0.717) is 27.6 Å². The van der Waals surface area contributed by atoms with Gasteiger partial charge in [-0.25, -0.2) is 9.37 Å². The Bertz CT molecular complexity index is 1250. The Morgan fingerprint density at radius 3 is 2.45 bits per heavy atom. The van der Waals surface area contributed by atoms with Crippen LogP contribution in [-0.4, -0.2) is 21.4 Å². The zero-order valence-corrected chi connectivity index (χ0v) is 17.1. The van der Waals surface area contributed by atoms with Crippen LogP contribution in [0.3, 0.4) is 0 Å². The van der Waals surface area contributed by atoms with E-state index in [1.807, 2.05) is 24.3 Å². The number of hydrogen-bond donors (Lipinski definition) is 2. The zero-order valence-electron chi connectivity index (χ0n) is 16.3. The molecule has 0 aliphatic rings. The third-order valence-electron chi connectivity index (χ3n) is 4.69. The molecule has 8 heteroatoms. The first-order valence-electron chi connectivity index (χ1n) is 9.53. The number of carbonyl (C=O) groups excluding carboxylic acids is 2. The highest BCUT2D eigenvalue weighted by Crippen LogP contribution is 2.18. The predicted octanol–water partition coefficient (Wildman–Crippen LogP) is 4.40. The summed E-state index contributed by atoms with van der Waals surface area (Å²) in [6.45, 7) is 0.0950. The van der Waals surface area contributed by atoms with Crippen molar-refractivity contribution in [2.45, 2.75) is 13.1 Å². The van der Waals surface area contributed by atoms with Crippen molar-refractivity contribution in [1.82, 2.24) is 14.9 Å². The summed E-state index contributed by atoms with van der Waals surface area (Å²) in [5.74, 6) is -0.487. The minimum atomic E-state index is -0.379. The number of nitrogens with zero attached hydrogens (tertiary/aromatic N) is 2. The summed E-state index contributed by atoms with van der Waals surface area (Å²) >= 11 is 6.09. The maximum Gasteiger partial charge on any atom is 0.253 e. The summed E-state index contributed by atoms with van der Waals surface area (Å²) in [5, 5.41) is 5.90. The molecule has 0 fully saturated rings. The van der Waals surface area contributed by atoms with Crippen molar-refractivity contribution in [3.63, 3.8) is 0 Å². The van der Waals surface area contributed by atoms with E-state index in [0.717, 1.165) is 5.52 Å². The molecule has 0 spiro atoms. The summed E-state index contributed by atoms with van der Waals surface area (Å²) in [6, 6.07) is 19.7. The van der Waals surface area contributed by atoms with E-state index in [9.17, 15) is 14.0 Å². The summed E-state index contributed by atoms with van der Waals surface area (Å²) in [4.78, 5) is 29.7. The van der Waals surface area contributed by atoms with Crippen LogP contribution in [0.2, 0.25) is 5.02 Å². The second kappa shape index (κ2) is 8.97. The first-order chi connectivity index (χ1) is 15.0. The topological polar surface area (TPSA) is 76.0 Å². The number of imidazole rings is 1. The molecule has 4 rings (SSSR count). The molecule has 2 amide bonds. The first-order valence-corrected chi connectivity index (χ1v) is 9.91. The largest absolute Gasteiger partial charge is 0.345 e. The van der Waals surface area contributed by atoms with E-state index in [1.54, 1.807) is 28.8 Å². The lowest BCUT2D eigenvalue weighted by Crippen LogP contribution is -2.26. The Balaban J connectivity index is 1.54. The van der Waals surface area contributed by atoms with E-state index in [4.69, 9.17) is 11.6 Å². The number of para-hydroxylation sites is 2. The molecule has 1 heterocycles. The smallest absolute Gasteiger partial charge is 0.253 e. The van der Waals surface area contributed by atoms with Crippen molar-refractivity contribution < 1.29 is 14.0 Å². The van der Waals surface area contributed by atoms with Gasteiger partial charge >= 0.3 is 0 Å². The van der Waals surface area contributed by atoms with Gasteiger partial charge in [0.05, 0.1) is 28.2 Å². The van der Waals surface area contributed by atoms with E-state index in [-0.39, 0.29) is 30.7 Å². The molecule has 3 aromatic carbocycles. The van der Waals surface area contributed by atoms with Crippen LogP contribution in [0.4, 0.5) is 10.1 Å². The third kappa shape index (κ3) is 4.73. The highest BCUT2D eigenvalue weighted by molar-refractivity contribution is 6.33. The lowest BCUT2D eigenvalue weighted by molar-refractivity contribution is -0.116. The Morgan fingerprint density at radius 1 is 0.968 bits per heavy atom. The number of rotatable bonds is 6.